The number of carbonyl (C=O) groups excluding carboxylic acids is 1. The summed E-state index contributed by atoms with van der Waals surface area (Å²) in [5.41, 5.74) is 4.62. The number of benzene rings is 3. The van der Waals surface area contributed by atoms with Crippen LogP contribution in [0.15, 0.2) is 78.9 Å². The predicted octanol–water partition coefficient (Wildman–Crippen LogP) is 4.82. The van der Waals surface area contributed by atoms with Gasteiger partial charge in [0.1, 0.15) is 12.4 Å². The quantitative estimate of drug-likeness (QED) is 0.575. The summed E-state index contributed by atoms with van der Waals surface area (Å²) in [5, 5.41) is 3.03. The van der Waals surface area contributed by atoms with Crippen molar-refractivity contribution in [2.45, 2.75) is 26.2 Å². The van der Waals surface area contributed by atoms with Crippen LogP contribution < -0.4 is 10.1 Å². The van der Waals surface area contributed by atoms with E-state index in [0.717, 1.165) is 16.9 Å². The van der Waals surface area contributed by atoms with Crippen molar-refractivity contribution in [2.75, 3.05) is 13.2 Å². The highest BCUT2D eigenvalue weighted by molar-refractivity contribution is 5.84. The molecule has 0 bridgehead atoms. The molecule has 144 valence electrons. The Morgan fingerprint density at radius 3 is 2.25 bits per heavy atom. The number of hydrogen-bond donors (Lipinski definition) is 1. The fraction of sp³-hybridized carbons (Fsp3) is 0.240. The molecule has 0 heterocycles. The zero-order chi connectivity index (χ0) is 19.8. The summed E-state index contributed by atoms with van der Waals surface area (Å²) in [6, 6.07) is 26.1. The Balaban J connectivity index is 1.59. The van der Waals surface area contributed by atoms with E-state index in [9.17, 15) is 4.79 Å². The van der Waals surface area contributed by atoms with Crippen LogP contribution in [0.4, 0.5) is 0 Å². The van der Waals surface area contributed by atoms with E-state index in [4.69, 9.17) is 4.74 Å². The van der Waals surface area contributed by atoms with Gasteiger partial charge in [-0.15, -0.1) is 0 Å². The fourth-order valence-electron chi connectivity index (χ4n) is 3.17. The molecule has 0 saturated carbocycles. The van der Waals surface area contributed by atoms with Crippen molar-refractivity contribution >= 4 is 5.91 Å². The first-order valence-corrected chi connectivity index (χ1v) is 9.70. The zero-order valence-corrected chi connectivity index (χ0v) is 16.5. The third-order valence-electron chi connectivity index (χ3n) is 4.95. The molecule has 0 saturated heterocycles. The van der Waals surface area contributed by atoms with Crippen LogP contribution >= 0.6 is 0 Å². The van der Waals surface area contributed by atoms with Crippen molar-refractivity contribution in [3.05, 3.63) is 101 Å². The van der Waals surface area contributed by atoms with Gasteiger partial charge >= 0.3 is 0 Å². The van der Waals surface area contributed by atoms with Gasteiger partial charge < -0.3 is 10.1 Å². The zero-order valence-electron chi connectivity index (χ0n) is 16.5. The highest BCUT2D eigenvalue weighted by atomic mass is 16.5. The molecule has 0 aliphatic heterocycles. The molecular formula is C25H27NO2. The second-order valence-corrected chi connectivity index (χ2v) is 7.04. The predicted molar refractivity (Wildman–Crippen MR) is 114 cm³/mol. The van der Waals surface area contributed by atoms with Crippen LogP contribution in [0, 0.1) is 13.8 Å². The van der Waals surface area contributed by atoms with Crippen molar-refractivity contribution < 1.29 is 9.53 Å². The van der Waals surface area contributed by atoms with Crippen LogP contribution in [0.3, 0.4) is 0 Å². The number of aryl methyl sites for hydroxylation is 2. The van der Waals surface area contributed by atoms with Gasteiger partial charge in [0.2, 0.25) is 5.91 Å². The van der Waals surface area contributed by atoms with Gasteiger partial charge in [0.25, 0.3) is 0 Å². The van der Waals surface area contributed by atoms with Gasteiger partial charge in [-0.3, -0.25) is 4.79 Å². The molecule has 0 unspecified atom stereocenters. The summed E-state index contributed by atoms with van der Waals surface area (Å²) in [5.74, 6) is 0.644. The van der Waals surface area contributed by atoms with Crippen LogP contribution in [0.5, 0.6) is 5.75 Å². The molecule has 3 nitrogen and oxygen atoms in total. The van der Waals surface area contributed by atoms with Crippen LogP contribution in [0.1, 0.15) is 28.2 Å². The Kier molecular flexibility index (Phi) is 6.85. The molecule has 3 rings (SSSR count). The Morgan fingerprint density at radius 1 is 0.893 bits per heavy atom. The van der Waals surface area contributed by atoms with Crippen LogP contribution in [0.2, 0.25) is 0 Å². The minimum absolute atomic E-state index is 0.0266. The van der Waals surface area contributed by atoms with Crippen molar-refractivity contribution in [3.63, 3.8) is 0 Å². The maximum Gasteiger partial charge on any atom is 0.227 e. The van der Waals surface area contributed by atoms with Crippen molar-refractivity contribution in [2.24, 2.45) is 0 Å². The second kappa shape index (κ2) is 9.75. The number of carbonyl (C=O) groups is 1. The molecule has 0 aliphatic carbocycles. The van der Waals surface area contributed by atoms with Gasteiger partial charge in [0.15, 0.2) is 0 Å². The molecule has 28 heavy (non-hydrogen) atoms. The first-order valence-electron chi connectivity index (χ1n) is 9.70. The largest absolute Gasteiger partial charge is 0.492 e. The minimum Gasteiger partial charge on any atom is -0.492 e. The molecule has 0 aromatic heterocycles. The summed E-state index contributed by atoms with van der Waals surface area (Å²) in [7, 11) is 0. The summed E-state index contributed by atoms with van der Waals surface area (Å²) in [6.45, 7) is 5.07. The van der Waals surface area contributed by atoms with Gasteiger partial charge in [0, 0.05) is 0 Å². The van der Waals surface area contributed by atoms with E-state index in [-0.39, 0.29) is 11.8 Å². The van der Waals surface area contributed by atoms with E-state index in [1.165, 1.54) is 11.1 Å². The molecule has 0 aliphatic rings. The van der Waals surface area contributed by atoms with Gasteiger partial charge in [-0.1, -0.05) is 66.7 Å². The molecule has 1 N–H and O–H groups in total. The summed E-state index contributed by atoms with van der Waals surface area (Å²) in [4.78, 5) is 12.9. The molecule has 0 fully saturated rings. The van der Waals surface area contributed by atoms with E-state index in [0.29, 0.717) is 19.6 Å². The van der Waals surface area contributed by atoms with E-state index in [1.807, 2.05) is 60.7 Å². The first kappa shape index (κ1) is 19.7. The van der Waals surface area contributed by atoms with E-state index < -0.39 is 0 Å². The molecular weight excluding hydrogens is 346 g/mol. The van der Waals surface area contributed by atoms with Crippen molar-refractivity contribution in [1.82, 2.24) is 5.32 Å². The lowest BCUT2D eigenvalue weighted by Gasteiger charge is -2.18. The van der Waals surface area contributed by atoms with Crippen LogP contribution in [-0.4, -0.2) is 19.1 Å². The average molecular weight is 373 g/mol. The number of rotatable bonds is 8. The van der Waals surface area contributed by atoms with E-state index >= 15 is 0 Å². The number of nitrogens with one attached hydrogen (secondary N) is 1. The Bertz CT molecular complexity index is 891. The lowest BCUT2D eigenvalue weighted by atomic mass is 9.91. The molecule has 0 spiro atoms. The normalized spacial score (nSPS) is 11.6. The van der Waals surface area contributed by atoms with E-state index in [2.05, 4.69) is 37.4 Å². The van der Waals surface area contributed by atoms with Crippen LogP contribution in [0.25, 0.3) is 0 Å². The Labute approximate surface area is 167 Å². The maximum atomic E-state index is 12.9. The Hall–Kier alpha value is -3.07. The maximum absolute atomic E-state index is 12.9. The topological polar surface area (TPSA) is 38.3 Å². The molecule has 3 heteroatoms. The third-order valence-corrected chi connectivity index (χ3v) is 4.95. The van der Waals surface area contributed by atoms with Crippen molar-refractivity contribution in [1.29, 1.82) is 0 Å². The van der Waals surface area contributed by atoms with Gasteiger partial charge in [-0.05, 0) is 54.7 Å². The summed E-state index contributed by atoms with van der Waals surface area (Å²) < 4.78 is 5.78. The smallest absolute Gasteiger partial charge is 0.227 e. The second-order valence-electron chi connectivity index (χ2n) is 7.04. The molecule has 1 atom stereocenters. The summed E-state index contributed by atoms with van der Waals surface area (Å²) in [6.07, 6.45) is 0.675. The minimum atomic E-state index is -0.217. The number of amides is 1. The first-order chi connectivity index (χ1) is 13.6. The Morgan fingerprint density at radius 2 is 1.57 bits per heavy atom. The summed E-state index contributed by atoms with van der Waals surface area (Å²) >= 11 is 0. The highest BCUT2D eigenvalue weighted by Crippen LogP contribution is 2.21. The standard InChI is InChI=1S/C25H27NO2/c1-19-13-14-23(17-20(19)2)28-16-15-26-25(27)24(22-11-7-4-8-12-22)18-21-9-5-3-6-10-21/h3-14,17,24H,15-16,18H2,1-2H3,(H,26,27)/t24-/m0/s1. The van der Waals surface area contributed by atoms with E-state index in [1.54, 1.807) is 0 Å². The van der Waals surface area contributed by atoms with Crippen molar-refractivity contribution in [3.8, 4) is 5.75 Å². The van der Waals surface area contributed by atoms with Gasteiger partial charge in [-0.2, -0.15) is 0 Å². The SMILES string of the molecule is Cc1ccc(OCCNC(=O)[C@@H](Cc2ccccc2)c2ccccc2)cc1C. The monoisotopic (exact) mass is 373 g/mol. The molecule has 1 amide bonds. The lowest BCUT2D eigenvalue weighted by Crippen LogP contribution is -2.33. The molecule has 3 aromatic rings. The third kappa shape index (κ3) is 5.46. The lowest BCUT2D eigenvalue weighted by molar-refractivity contribution is -0.122. The number of ether oxygens (including phenoxy) is 1. The highest BCUT2D eigenvalue weighted by Gasteiger charge is 2.20. The molecule has 0 radical (unpaired) electrons. The average Bonchev–Trinajstić information content (AvgIpc) is 2.73. The van der Waals surface area contributed by atoms with Crippen LogP contribution in [-0.2, 0) is 11.2 Å². The molecule has 3 aromatic carbocycles. The van der Waals surface area contributed by atoms with Gasteiger partial charge in [0.05, 0.1) is 12.5 Å². The fourth-order valence-corrected chi connectivity index (χ4v) is 3.17. The van der Waals surface area contributed by atoms with Gasteiger partial charge in [-0.25, -0.2) is 0 Å². The number of hydrogen-bond acceptors (Lipinski definition) is 2.